The predicted octanol–water partition coefficient (Wildman–Crippen LogP) is -0.753. The van der Waals surface area contributed by atoms with Gasteiger partial charge in [-0.15, -0.1) is 0 Å². The van der Waals surface area contributed by atoms with E-state index < -0.39 is 8.07 Å². The number of halogens is 1. The molecule has 0 bridgehead atoms. The van der Waals surface area contributed by atoms with Gasteiger partial charge in [0.25, 0.3) is 0 Å². The van der Waals surface area contributed by atoms with Crippen LogP contribution in [0.4, 0.5) is 0 Å². The quantitative estimate of drug-likeness (QED) is 0.348. The van der Waals surface area contributed by atoms with Crippen LogP contribution < -0.4 is 17.0 Å². The molecule has 0 saturated carbocycles. The Hall–Kier alpha value is 1.02. The van der Waals surface area contributed by atoms with Crippen LogP contribution in [0.5, 0.6) is 0 Å². The fraction of sp³-hybridized carbons (Fsp3) is 0.750. The maximum atomic E-state index is 7.12. The zero-order chi connectivity index (χ0) is 7.33. The van der Waals surface area contributed by atoms with Gasteiger partial charge in [-0.3, -0.25) is 0 Å². The van der Waals surface area contributed by atoms with Gasteiger partial charge in [0.1, 0.15) is 0 Å². The minimum atomic E-state index is -1.27. The molecule has 0 nitrogen and oxygen atoms in total. The van der Waals surface area contributed by atoms with Crippen molar-refractivity contribution in [1.29, 1.82) is 0 Å². The van der Waals surface area contributed by atoms with E-state index in [9.17, 15) is 0 Å². The first-order valence-corrected chi connectivity index (χ1v) is 6.30. The van der Waals surface area contributed by atoms with E-state index in [1.165, 1.54) is 18.1 Å². The Labute approximate surface area is 98.5 Å². The SMILES string of the molecule is [Br-].[C-]#C[Si](CC)(CC)CC.[Mg+2]. The first kappa shape index (κ1) is 17.9. The maximum absolute atomic E-state index is 7.12. The Balaban J connectivity index is -0.000000320. The van der Waals surface area contributed by atoms with E-state index in [-0.39, 0.29) is 40.0 Å². The molecule has 0 aromatic heterocycles. The monoisotopic (exact) mass is 242 g/mol. The van der Waals surface area contributed by atoms with E-state index in [4.69, 9.17) is 6.42 Å². The molecule has 0 fully saturated rings. The first-order valence-electron chi connectivity index (χ1n) is 3.68. The van der Waals surface area contributed by atoms with Gasteiger partial charge in [-0.1, -0.05) is 38.9 Å². The van der Waals surface area contributed by atoms with E-state index in [0.29, 0.717) is 0 Å². The fourth-order valence-electron chi connectivity index (χ4n) is 1.02. The van der Waals surface area contributed by atoms with Crippen molar-refractivity contribution in [3.63, 3.8) is 0 Å². The van der Waals surface area contributed by atoms with Crippen molar-refractivity contribution in [3.8, 4) is 5.54 Å². The number of rotatable bonds is 3. The number of hydrogen-bond acceptors (Lipinski definition) is 0. The molecule has 0 N–H and O–H groups in total. The molecule has 0 unspecified atom stereocenters. The second-order valence-electron chi connectivity index (χ2n) is 2.47. The minimum Gasteiger partial charge on any atom is -1.00 e. The van der Waals surface area contributed by atoms with Crippen molar-refractivity contribution in [2.24, 2.45) is 0 Å². The van der Waals surface area contributed by atoms with Crippen LogP contribution in [0, 0.1) is 12.0 Å². The summed E-state index contributed by atoms with van der Waals surface area (Å²) in [6.45, 7) is 6.54. The van der Waals surface area contributed by atoms with Gasteiger partial charge in [0, 0.05) is 0 Å². The van der Waals surface area contributed by atoms with Crippen molar-refractivity contribution in [1.82, 2.24) is 0 Å². The third-order valence-electron chi connectivity index (χ3n) is 2.30. The Bertz CT molecular complexity index is 107. The molecule has 0 aromatic rings. The van der Waals surface area contributed by atoms with Gasteiger partial charge in [0.05, 0.1) is 8.07 Å². The van der Waals surface area contributed by atoms with Crippen LogP contribution >= 0.6 is 0 Å². The van der Waals surface area contributed by atoms with Gasteiger partial charge in [-0.25, -0.2) is 0 Å². The molecule has 0 heterocycles. The predicted molar refractivity (Wildman–Crippen MR) is 50.1 cm³/mol. The number of hydrogen-bond donors (Lipinski definition) is 0. The van der Waals surface area contributed by atoms with Gasteiger partial charge in [0.2, 0.25) is 0 Å². The zero-order valence-corrected chi connectivity index (χ0v) is 11.7. The molecule has 0 radical (unpaired) electrons. The molecule has 0 aliphatic carbocycles. The molecule has 0 aromatic carbocycles. The summed E-state index contributed by atoms with van der Waals surface area (Å²) < 4.78 is 0. The van der Waals surface area contributed by atoms with Crippen LogP contribution in [0.3, 0.4) is 0 Å². The van der Waals surface area contributed by atoms with E-state index in [1.807, 2.05) is 0 Å². The summed E-state index contributed by atoms with van der Waals surface area (Å²) in [6.07, 6.45) is 7.12. The standard InChI is InChI=1S/C8H15Si.BrH.Mg/c1-5-9(6-2,7-3)8-4;;/h5-7H2,1-3H3;1H;/q-1;;+2/p-1. The van der Waals surface area contributed by atoms with Crippen LogP contribution in [0.25, 0.3) is 0 Å². The third kappa shape index (κ3) is 5.29. The second-order valence-corrected chi connectivity index (χ2v) is 7.40. The van der Waals surface area contributed by atoms with Crippen molar-refractivity contribution in [2.45, 2.75) is 38.9 Å². The molecule has 3 heteroatoms. The Kier molecular flexibility index (Phi) is 14.9. The summed E-state index contributed by atoms with van der Waals surface area (Å²) in [7, 11) is -1.27. The van der Waals surface area contributed by atoms with E-state index in [1.54, 1.807) is 0 Å². The summed E-state index contributed by atoms with van der Waals surface area (Å²) >= 11 is 0. The Morgan fingerprint density at radius 3 is 1.36 bits per heavy atom. The van der Waals surface area contributed by atoms with Crippen molar-refractivity contribution in [2.75, 3.05) is 0 Å². The molecular formula is C8H15BrMgSi. The van der Waals surface area contributed by atoms with Crippen molar-refractivity contribution >= 4 is 31.1 Å². The minimum absolute atomic E-state index is 0. The van der Waals surface area contributed by atoms with Gasteiger partial charge in [-0.2, -0.15) is 0 Å². The molecule has 0 saturated heterocycles. The van der Waals surface area contributed by atoms with Gasteiger partial charge in [-0.05, 0) is 0 Å². The molecule has 0 amide bonds. The van der Waals surface area contributed by atoms with Crippen molar-refractivity contribution < 1.29 is 17.0 Å². The van der Waals surface area contributed by atoms with Crippen LogP contribution in [0.1, 0.15) is 20.8 Å². The summed E-state index contributed by atoms with van der Waals surface area (Å²) in [6, 6.07) is 3.55. The topological polar surface area (TPSA) is 0 Å². The van der Waals surface area contributed by atoms with E-state index in [2.05, 4.69) is 26.3 Å². The first-order chi connectivity index (χ1) is 4.24. The van der Waals surface area contributed by atoms with Crippen LogP contribution in [0.2, 0.25) is 18.1 Å². The molecular weight excluding hydrogens is 228 g/mol. The normalized spacial score (nSPS) is 8.91. The summed E-state index contributed by atoms with van der Waals surface area (Å²) in [4.78, 5) is 0. The molecule has 0 aliphatic rings. The van der Waals surface area contributed by atoms with Crippen LogP contribution in [0.15, 0.2) is 0 Å². The second kappa shape index (κ2) is 9.11. The maximum Gasteiger partial charge on any atom is 2.00 e. The van der Waals surface area contributed by atoms with Gasteiger partial charge in [0.15, 0.2) is 0 Å². The molecule has 60 valence electrons. The average molecular weight is 244 g/mol. The molecule has 0 aliphatic heterocycles. The molecule has 0 spiro atoms. The smallest absolute Gasteiger partial charge is 1.00 e. The largest absolute Gasteiger partial charge is 2.00 e. The summed E-state index contributed by atoms with van der Waals surface area (Å²) in [5.74, 6) is 0. The van der Waals surface area contributed by atoms with Gasteiger partial charge < -0.3 is 28.9 Å². The van der Waals surface area contributed by atoms with E-state index in [0.717, 1.165) is 0 Å². The van der Waals surface area contributed by atoms with Crippen LogP contribution in [-0.2, 0) is 0 Å². The van der Waals surface area contributed by atoms with Crippen molar-refractivity contribution in [3.05, 3.63) is 6.42 Å². The Morgan fingerprint density at radius 2 is 1.36 bits per heavy atom. The van der Waals surface area contributed by atoms with Crippen LogP contribution in [-0.4, -0.2) is 31.1 Å². The Morgan fingerprint density at radius 1 is 1.09 bits per heavy atom. The fourth-order valence-corrected chi connectivity index (χ4v) is 3.05. The average Bonchev–Trinajstić information content (AvgIpc) is 1.95. The molecule has 0 atom stereocenters. The summed E-state index contributed by atoms with van der Waals surface area (Å²) in [5, 5.41) is 0. The third-order valence-corrected chi connectivity index (χ3v) is 6.89. The molecule has 0 rings (SSSR count). The zero-order valence-electron chi connectivity index (χ0n) is 7.71. The molecule has 11 heavy (non-hydrogen) atoms. The summed E-state index contributed by atoms with van der Waals surface area (Å²) in [5.41, 5.74) is 2.75. The van der Waals surface area contributed by atoms with Gasteiger partial charge >= 0.3 is 23.1 Å². The van der Waals surface area contributed by atoms with E-state index >= 15 is 0 Å².